The van der Waals surface area contributed by atoms with E-state index in [4.69, 9.17) is 11.6 Å². The van der Waals surface area contributed by atoms with Gasteiger partial charge in [-0.15, -0.1) is 12.4 Å². The van der Waals surface area contributed by atoms with Crippen molar-refractivity contribution in [3.63, 3.8) is 0 Å². The lowest BCUT2D eigenvalue weighted by molar-refractivity contribution is 0.587. The van der Waals surface area contributed by atoms with Crippen molar-refractivity contribution < 1.29 is 4.39 Å². The Morgan fingerprint density at radius 3 is 2.53 bits per heavy atom. The lowest BCUT2D eigenvalue weighted by atomic mass is 10.2. The summed E-state index contributed by atoms with van der Waals surface area (Å²) in [6, 6.07) is 4.87. The summed E-state index contributed by atoms with van der Waals surface area (Å²) in [5.74, 6) is -0.356. The molecule has 1 heterocycles. The van der Waals surface area contributed by atoms with Crippen molar-refractivity contribution in [3.8, 4) is 0 Å². The molecule has 1 aromatic rings. The molecule has 0 atom stereocenters. The van der Waals surface area contributed by atoms with Gasteiger partial charge in [-0.3, -0.25) is 0 Å². The van der Waals surface area contributed by atoms with E-state index in [9.17, 15) is 4.39 Å². The van der Waals surface area contributed by atoms with E-state index < -0.39 is 0 Å². The fourth-order valence-electron chi connectivity index (χ4n) is 1.60. The first kappa shape index (κ1) is 12.6. The highest BCUT2D eigenvalue weighted by Gasteiger charge is 2.11. The summed E-state index contributed by atoms with van der Waals surface area (Å²) in [5.41, 5.74) is 0.998. The first-order chi connectivity index (χ1) is 6.77. The molecule has 0 unspecified atom stereocenters. The maximum atomic E-state index is 12.9. The molecule has 1 aliphatic heterocycles. The molecule has 0 radical (unpaired) electrons. The average Bonchev–Trinajstić information content (AvgIpc) is 2.23. The minimum absolute atomic E-state index is 0. The molecule has 1 N–H and O–H groups in total. The summed E-state index contributed by atoms with van der Waals surface area (Å²) >= 11 is 5.72. The highest BCUT2D eigenvalue weighted by atomic mass is 35.5. The number of nitrogens with one attached hydrogen (secondary N) is 1. The Kier molecular flexibility index (Phi) is 4.64. The van der Waals surface area contributed by atoms with Crippen molar-refractivity contribution in [2.45, 2.75) is 0 Å². The van der Waals surface area contributed by atoms with Crippen LogP contribution in [0.2, 0.25) is 5.02 Å². The number of benzene rings is 1. The topological polar surface area (TPSA) is 15.3 Å². The Morgan fingerprint density at radius 2 is 1.93 bits per heavy atom. The van der Waals surface area contributed by atoms with Crippen LogP contribution in [0.1, 0.15) is 0 Å². The molecule has 84 valence electrons. The third-order valence-corrected chi connectivity index (χ3v) is 2.67. The number of piperazine rings is 1. The average molecular weight is 251 g/mol. The Hall–Kier alpha value is -0.510. The van der Waals surface area contributed by atoms with Crippen LogP contribution in [0.3, 0.4) is 0 Å². The van der Waals surface area contributed by atoms with Gasteiger partial charge in [-0.25, -0.2) is 4.39 Å². The highest BCUT2D eigenvalue weighted by molar-refractivity contribution is 6.31. The smallest absolute Gasteiger partial charge is 0.141 e. The molecule has 15 heavy (non-hydrogen) atoms. The van der Waals surface area contributed by atoms with Crippen LogP contribution in [-0.4, -0.2) is 26.2 Å². The molecule has 0 spiro atoms. The van der Waals surface area contributed by atoms with E-state index in [1.54, 1.807) is 12.1 Å². The maximum absolute atomic E-state index is 12.9. The Bertz CT molecular complexity index is 327. The lowest BCUT2D eigenvalue weighted by Gasteiger charge is -2.29. The second-order valence-electron chi connectivity index (χ2n) is 3.34. The quantitative estimate of drug-likeness (QED) is 0.823. The third kappa shape index (κ3) is 2.97. The van der Waals surface area contributed by atoms with Crippen LogP contribution in [-0.2, 0) is 0 Å². The normalized spacial score (nSPS) is 16.0. The Balaban J connectivity index is 0.00000112. The molecular weight excluding hydrogens is 238 g/mol. The van der Waals surface area contributed by atoms with Gasteiger partial charge in [-0.2, -0.15) is 0 Å². The van der Waals surface area contributed by atoms with Crippen LogP contribution in [0, 0.1) is 5.82 Å². The molecule has 0 amide bonds. The van der Waals surface area contributed by atoms with E-state index in [0.29, 0.717) is 0 Å². The van der Waals surface area contributed by atoms with Crippen LogP contribution in [0.15, 0.2) is 18.2 Å². The standard InChI is InChI=1S/C10H12ClFN2.ClH/c11-9-7-8(1-2-10(9)12)14-5-3-13-4-6-14;/h1-2,7,13H,3-6H2;1H. The van der Waals surface area contributed by atoms with Gasteiger partial charge >= 0.3 is 0 Å². The molecule has 5 heteroatoms. The van der Waals surface area contributed by atoms with Gasteiger partial charge in [0.2, 0.25) is 0 Å². The lowest BCUT2D eigenvalue weighted by Crippen LogP contribution is -2.43. The van der Waals surface area contributed by atoms with E-state index in [0.717, 1.165) is 31.9 Å². The van der Waals surface area contributed by atoms with Gasteiger partial charge in [0.15, 0.2) is 0 Å². The van der Waals surface area contributed by atoms with Crippen LogP contribution in [0.25, 0.3) is 0 Å². The molecule has 0 aliphatic carbocycles. The van der Waals surface area contributed by atoms with E-state index in [1.165, 1.54) is 6.07 Å². The van der Waals surface area contributed by atoms with Gasteiger partial charge in [-0.1, -0.05) is 11.6 Å². The maximum Gasteiger partial charge on any atom is 0.141 e. The van der Waals surface area contributed by atoms with Gasteiger partial charge in [0, 0.05) is 31.9 Å². The zero-order valence-corrected chi connectivity index (χ0v) is 9.74. The summed E-state index contributed by atoms with van der Waals surface area (Å²) in [6.45, 7) is 3.83. The number of hydrogen-bond acceptors (Lipinski definition) is 2. The van der Waals surface area contributed by atoms with Gasteiger partial charge in [-0.05, 0) is 18.2 Å². The number of hydrogen-bond donors (Lipinski definition) is 1. The molecule has 1 fully saturated rings. The summed E-state index contributed by atoms with van der Waals surface area (Å²) in [6.07, 6.45) is 0. The van der Waals surface area contributed by atoms with Crippen LogP contribution in [0.4, 0.5) is 10.1 Å². The number of halogens is 3. The zero-order chi connectivity index (χ0) is 9.97. The van der Waals surface area contributed by atoms with E-state index in [-0.39, 0.29) is 23.2 Å². The summed E-state index contributed by atoms with van der Waals surface area (Å²) in [4.78, 5) is 2.20. The molecule has 0 saturated carbocycles. The highest BCUT2D eigenvalue weighted by Crippen LogP contribution is 2.22. The number of anilines is 1. The van der Waals surface area contributed by atoms with E-state index in [1.807, 2.05) is 0 Å². The minimum Gasteiger partial charge on any atom is -0.369 e. The first-order valence-corrected chi connectivity index (χ1v) is 5.06. The van der Waals surface area contributed by atoms with Gasteiger partial charge in [0.25, 0.3) is 0 Å². The van der Waals surface area contributed by atoms with Crippen LogP contribution in [0.5, 0.6) is 0 Å². The molecule has 2 rings (SSSR count). The van der Waals surface area contributed by atoms with Gasteiger partial charge in [0.1, 0.15) is 5.82 Å². The van der Waals surface area contributed by atoms with Crippen molar-refractivity contribution in [3.05, 3.63) is 29.0 Å². The zero-order valence-electron chi connectivity index (χ0n) is 8.17. The number of nitrogens with zero attached hydrogens (tertiary/aromatic N) is 1. The predicted octanol–water partition coefficient (Wildman–Crippen LogP) is 2.31. The molecule has 1 aliphatic rings. The summed E-state index contributed by atoms with van der Waals surface area (Å²) in [7, 11) is 0. The molecule has 0 aromatic heterocycles. The summed E-state index contributed by atoms with van der Waals surface area (Å²) < 4.78 is 12.9. The van der Waals surface area contributed by atoms with Crippen molar-refractivity contribution in [1.29, 1.82) is 0 Å². The van der Waals surface area contributed by atoms with Gasteiger partial charge in [0.05, 0.1) is 5.02 Å². The first-order valence-electron chi connectivity index (χ1n) is 4.68. The fraction of sp³-hybridized carbons (Fsp3) is 0.400. The minimum atomic E-state index is -0.356. The van der Waals surface area contributed by atoms with Crippen molar-refractivity contribution in [1.82, 2.24) is 5.32 Å². The fourth-order valence-corrected chi connectivity index (χ4v) is 1.78. The molecule has 0 bridgehead atoms. The van der Waals surface area contributed by atoms with Gasteiger partial charge < -0.3 is 10.2 Å². The van der Waals surface area contributed by atoms with Crippen molar-refractivity contribution >= 4 is 29.7 Å². The van der Waals surface area contributed by atoms with Crippen LogP contribution < -0.4 is 10.2 Å². The van der Waals surface area contributed by atoms with Crippen LogP contribution >= 0.6 is 24.0 Å². The molecular formula is C10H13Cl2FN2. The van der Waals surface area contributed by atoms with Crippen molar-refractivity contribution in [2.75, 3.05) is 31.1 Å². The molecule has 1 saturated heterocycles. The molecule has 2 nitrogen and oxygen atoms in total. The Morgan fingerprint density at radius 1 is 1.27 bits per heavy atom. The predicted molar refractivity (Wildman–Crippen MR) is 63.7 cm³/mol. The van der Waals surface area contributed by atoms with Crippen molar-refractivity contribution in [2.24, 2.45) is 0 Å². The SMILES string of the molecule is Cl.Fc1ccc(N2CCNCC2)cc1Cl. The number of rotatable bonds is 1. The Labute approximate surface area is 99.8 Å². The summed E-state index contributed by atoms with van der Waals surface area (Å²) in [5, 5.41) is 3.46. The largest absolute Gasteiger partial charge is 0.369 e. The van der Waals surface area contributed by atoms with E-state index >= 15 is 0 Å². The second kappa shape index (κ2) is 5.54. The monoisotopic (exact) mass is 250 g/mol. The molecule has 1 aromatic carbocycles. The third-order valence-electron chi connectivity index (χ3n) is 2.39. The second-order valence-corrected chi connectivity index (χ2v) is 3.74. The van der Waals surface area contributed by atoms with E-state index in [2.05, 4.69) is 10.2 Å².